The van der Waals surface area contributed by atoms with Gasteiger partial charge in [0.2, 0.25) is 0 Å². The summed E-state index contributed by atoms with van der Waals surface area (Å²) < 4.78 is 60.7. The van der Waals surface area contributed by atoms with Crippen molar-refractivity contribution < 1.29 is 31.8 Å². The molecule has 2 aromatic rings. The van der Waals surface area contributed by atoms with Crippen molar-refractivity contribution in [2.75, 3.05) is 6.61 Å². The molecule has 7 heteroatoms. The van der Waals surface area contributed by atoms with Crippen LogP contribution in [0.15, 0.2) is 42.5 Å². The lowest BCUT2D eigenvalue weighted by molar-refractivity contribution is -0.0514. The number of carbonyl (C=O) groups excluding carboxylic acids is 1. The first-order chi connectivity index (χ1) is 11.9. The monoisotopic (exact) mass is 354 g/mol. The second-order valence-electron chi connectivity index (χ2n) is 4.84. The lowest BCUT2D eigenvalue weighted by Gasteiger charge is -2.11. The van der Waals surface area contributed by atoms with E-state index in [-0.39, 0.29) is 23.7 Å². The highest BCUT2D eigenvalue weighted by atomic mass is 19.3. The Hall–Kier alpha value is -2.83. The Balaban J connectivity index is 2.22. The first-order valence-corrected chi connectivity index (χ1v) is 7.30. The normalized spacial score (nSPS) is 11.1. The number of hydrogen-bond acceptors (Lipinski definition) is 3. The van der Waals surface area contributed by atoms with Crippen molar-refractivity contribution in [2.24, 2.45) is 0 Å². The number of alkyl halides is 2. The molecule has 0 aromatic heterocycles. The Labute approximate surface area is 141 Å². The van der Waals surface area contributed by atoms with E-state index in [9.17, 15) is 22.4 Å². The Bertz CT molecular complexity index is 788. The van der Waals surface area contributed by atoms with Crippen molar-refractivity contribution in [1.82, 2.24) is 0 Å². The van der Waals surface area contributed by atoms with Crippen LogP contribution in [-0.2, 0) is 0 Å². The number of allylic oxidation sites excluding steroid dienone is 1. The van der Waals surface area contributed by atoms with Crippen LogP contribution in [0.3, 0.4) is 0 Å². The van der Waals surface area contributed by atoms with E-state index < -0.39 is 24.0 Å². The molecule has 0 aliphatic rings. The molecule has 2 rings (SSSR count). The van der Waals surface area contributed by atoms with Crippen molar-refractivity contribution in [3.8, 4) is 11.5 Å². The average molecular weight is 354 g/mol. The molecule has 0 fully saturated rings. The maximum Gasteiger partial charge on any atom is 0.387 e. The summed E-state index contributed by atoms with van der Waals surface area (Å²) in [5.41, 5.74) is 0.182. The van der Waals surface area contributed by atoms with Crippen molar-refractivity contribution in [1.29, 1.82) is 0 Å². The highest BCUT2D eigenvalue weighted by molar-refractivity contribution is 6.07. The summed E-state index contributed by atoms with van der Waals surface area (Å²) in [4.78, 5) is 12.0. The van der Waals surface area contributed by atoms with Crippen LogP contribution in [0, 0.1) is 11.6 Å². The van der Waals surface area contributed by atoms with Gasteiger partial charge in [-0.25, -0.2) is 8.78 Å². The molecule has 0 saturated heterocycles. The number of halogens is 4. The molecular weight excluding hydrogens is 340 g/mol. The van der Waals surface area contributed by atoms with E-state index in [0.717, 1.165) is 18.2 Å². The van der Waals surface area contributed by atoms with Crippen molar-refractivity contribution >= 4 is 11.9 Å². The first kappa shape index (κ1) is 18.5. The predicted octanol–water partition coefficient (Wildman–Crippen LogP) is 4.86. The highest BCUT2D eigenvalue weighted by Gasteiger charge is 2.12. The number of ether oxygens (including phenoxy) is 2. The van der Waals surface area contributed by atoms with E-state index >= 15 is 0 Å². The number of rotatable bonds is 7. The van der Waals surface area contributed by atoms with Crippen LogP contribution < -0.4 is 9.47 Å². The number of benzene rings is 2. The van der Waals surface area contributed by atoms with Gasteiger partial charge in [0.15, 0.2) is 17.3 Å². The fourth-order valence-electron chi connectivity index (χ4n) is 2.04. The molecule has 0 radical (unpaired) electrons. The molecule has 0 N–H and O–H groups in total. The SMILES string of the molecule is CCOc1cc(/C=C/C(=O)c2ccc(F)cc2F)ccc1OC(F)F. The summed E-state index contributed by atoms with van der Waals surface area (Å²) >= 11 is 0. The number of ketones is 1. The van der Waals surface area contributed by atoms with Gasteiger partial charge in [-0.05, 0) is 42.8 Å². The molecule has 0 aliphatic heterocycles. The van der Waals surface area contributed by atoms with Crippen LogP contribution in [0.4, 0.5) is 17.6 Å². The molecule has 0 amide bonds. The van der Waals surface area contributed by atoms with Gasteiger partial charge < -0.3 is 9.47 Å². The fraction of sp³-hybridized carbons (Fsp3) is 0.167. The second kappa shape index (κ2) is 8.32. The zero-order chi connectivity index (χ0) is 18.4. The second-order valence-corrected chi connectivity index (χ2v) is 4.84. The van der Waals surface area contributed by atoms with E-state index in [4.69, 9.17) is 4.74 Å². The van der Waals surface area contributed by atoms with Gasteiger partial charge in [0, 0.05) is 6.07 Å². The van der Waals surface area contributed by atoms with Crippen LogP contribution in [0.2, 0.25) is 0 Å². The van der Waals surface area contributed by atoms with E-state index in [1.165, 1.54) is 24.3 Å². The van der Waals surface area contributed by atoms with E-state index in [1.54, 1.807) is 6.92 Å². The summed E-state index contributed by atoms with van der Waals surface area (Å²) in [5, 5.41) is 0. The quantitative estimate of drug-likeness (QED) is 0.405. The van der Waals surface area contributed by atoms with Gasteiger partial charge >= 0.3 is 6.61 Å². The molecule has 0 heterocycles. The standard InChI is InChI=1S/C18H14F4O3/c1-2-24-17-9-11(4-8-16(17)25-18(21)22)3-7-15(23)13-6-5-12(19)10-14(13)20/h3-10,18H,2H2,1H3/b7-3+. The maximum absolute atomic E-state index is 13.6. The summed E-state index contributed by atoms with van der Waals surface area (Å²) in [7, 11) is 0. The lowest BCUT2D eigenvalue weighted by atomic mass is 10.1. The van der Waals surface area contributed by atoms with E-state index in [0.29, 0.717) is 11.6 Å². The minimum atomic E-state index is -3.00. The Morgan fingerprint density at radius 2 is 1.88 bits per heavy atom. The molecule has 3 nitrogen and oxygen atoms in total. The summed E-state index contributed by atoms with van der Waals surface area (Å²) in [6, 6.07) is 6.76. The molecule has 25 heavy (non-hydrogen) atoms. The molecule has 132 valence electrons. The van der Waals surface area contributed by atoms with Gasteiger partial charge in [-0.1, -0.05) is 12.1 Å². The molecule has 0 spiro atoms. The fourth-order valence-corrected chi connectivity index (χ4v) is 2.04. The summed E-state index contributed by atoms with van der Waals surface area (Å²) in [6.07, 6.45) is 2.45. The maximum atomic E-state index is 13.6. The molecular formula is C18H14F4O3. The predicted molar refractivity (Wildman–Crippen MR) is 84.0 cm³/mol. The van der Waals surface area contributed by atoms with Crippen LogP contribution in [0.1, 0.15) is 22.8 Å². The Morgan fingerprint density at radius 3 is 2.52 bits per heavy atom. The molecule has 0 saturated carbocycles. The Kier molecular flexibility index (Phi) is 6.16. The van der Waals surface area contributed by atoms with Gasteiger partial charge in [-0.3, -0.25) is 4.79 Å². The van der Waals surface area contributed by atoms with Gasteiger partial charge in [-0.15, -0.1) is 0 Å². The lowest BCUT2D eigenvalue weighted by Crippen LogP contribution is -2.04. The van der Waals surface area contributed by atoms with Crippen LogP contribution in [0.25, 0.3) is 6.08 Å². The van der Waals surface area contributed by atoms with E-state index in [1.807, 2.05) is 0 Å². The molecule has 0 aliphatic carbocycles. The van der Waals surface area contributed by atoms with E-state index in [2.05, 4.69) is 4.74 Å². The minimum Gasteiger partial charge on any atom is -0.490 e. The van der Waals surface area contributed by atoms with Gasteiger partial charge in [0.05, 0.1) is 12.2 Å². The molecule has 2 aromatic carbocycles. The first-order valence-electron chi connectivity index (χ1n) is 7.30. The number of carbonyl (C=O) groups is 1. The summed E-state index contributed by atoms with van der Waals surface area (Å²) in [6.45, 7) is -1.09. The third kappa shape index (κ3) is 5.07. The van der Waals surface area contributed by atoms with Crippen molar-refractivity contribution in [2.45, 2.75) is 13.5 Å². The minimum absolute atomic E-state index is 0.0883. The Morgan fingerprint density at radius 1 is 1.12 bits per heavy atom. The van der Waals surface area contributed by atoms with Crippen LogP contribution in [0.5, 0.6) is 11.5 Å². The topological polar surface area (TPSA) is 35.5 Å². The van der Waals surface area contributed by atoms with Crippen LogP contribution in [-0.4, -0.2) is 19.0 Å². The van der Waals surface area contributed by atoms with Gasteiger partial charge in [-0.2, -0.15) is 8.78 Å². The zero-order valence-corrected chi connectivity index (χ0v) is 13.1. The number of hydrogen-bond donors (Lipinski definition) is 0. The molecule has 0 atom stereocenters. The molecule has 0 bridgehead atoms. The average Bonchev–Trinajstić information content (AvgIpc) is 2.54. The highest BCUT2D eigenvalue weighted by Crippen LogP contribution is 2.30. The van der Waals surface area contributed by atoms with Crippen molar-refractivity contribution in [3.63, 3.8) is 0 Å². The van der Waals surface area contributed by atoms with Gasteiger partial charge in [0.25, 0.3) is 0 Å². The van der Waals surface area contributed by atoms with Crippen LogP contribution >= 0.6 is 0 Å². The van der Waals surface area contributed by atoms with Gasteiger partial charge in [0.1, 0.15) is 11.6 Å². The van der Waals surface area contributed by atoms with Crippen molar-refractivity contribution in [3.05, 3.63) is 65.2 Å². The zero-order valence-electron chi connectivity index (χ0n) is 13.1. The smallest absolute Gasteiger partial charge is 0.387 e. The molecule has 0 unspecified atom stereocenters. The summed E-state index contributed by atoms with van der Waals surface area (Å²) in [5.74, 6) is -2.46. The largest absolute Gasteiger partial charge is 0.490 e. The third-order valence-corrected chi connectivity index (χ3v) is 3.11. The third-order valence-electron chi connectivity index (χ3n) is 3.11.